The van der Waals surface area contributed by atoms with E-state index in [1.54, 1.807) is 55.6 Å². The smallest absolute Gasteiger partial charge is 0.231 e. The molecular weight excluding hydrogens is 410 g/mol. The third-order valence-electron chi connectivity index (χ3n) is 4.58. The molecule has 0 heterocycles. The lowest BCUT2D eigenvalue weighted by atomic mass is 10.1. The molecule has 0 aliphatic carbocycles. The highest BCUT2D eigenvalue weighted by molar-refractivity contribution is 6.34. The molecule has 0 atom stereocenters. The molecule has 3 aromatic rings. The lowest BCUT2D eigenvalue weighted by Crippen LogP contribution is -2.28. The lowest BCUT2D eigenvalue weighted by molar-refractivity contribution is -0.118. The standard InChI is InChI=1S/C23H19ClF2N2O2/c1-28(23(30)13-16-7-3-5-9-20(16)26)21-11-10-17(14-18(21)24)27-22(29)12-15-6-2-4-8-19(15)25/h2-11,14H,12-13H2,1H3,(H,27,29). The van der Waals surface area contributed by atoms with Gasteiger partial charge in [-0.1, -0.05) is 48.0 Å². The summed E-state index contributed by atoms with van der Waals surface area (Å²) in [6, 6.07) is 16.8. The average Bonchev–Trinajstić information content (AvgIpc) is 2.71. The fourth-order valence-corrected chi connectivity index (χ4v) is 3.24. The van der Waals surface area contributed by atoms with Gasteiger partial charge in [-0.25, -0.2) is 8.78 Å². The van der Waals surface area contributed by atoms with Crippen molar-refractivity contribution in [3.05, 3.63) is 94.5 Å². The van der Waals surface area contributed by atoms with E-state index in [9.17, 15) is 18.4 Å². The van der Waals surface area contributed by atoms with Crippen molar-refractivity contribution in [2.24, 2.45) is 0 Å². The Morgan fingerprint density at radius 1 is 0.900 bits per heavy atom. The maximum absolute atomic E-state index is 13.8. The predicted molar refractivity (Wildman–Crippen MR) is 114 cm³/mol. The molecule has 1 N–H and O–H groups in total. The van der Waals surface area contributed by atoms with Crippen LogP contribution < -0.4 is 10.2 Å². The molecule has 2 amide bonds. The zero-order chi connectivity index (χ0) is 21.7. The Labute approximate surface area is 178 Å². The van der Waals surface area contributed by atoms with Crippen molar-refractivity contribution >= 4 is 34.8 Å². The molecule has 3 rings (SSSR count). The minimum atomic E-state index is -0.448. The van der Waals surface area contributed by atoms with Crippen LogP contribution in [0, 0.1) is 11.6 Å². The second kappa shape index (κ2) is 9.50. The van der Waals surface area contributed by atoms with Crippen LogP contribution in [0.2, 0.25) is 5.02 Å². The van der Waals surface area contributed by atoms with E-state index in [1.807, 2.05) is 0 Å². The van der Waals surface area contributed by atoms with Crippen LogP contribution in [0.3, 0.4) is 0 Å². The van der Waals surface area contributed by atoms with Crippen LogP contribution in [0.25, 0.3) is 0 Å². The lowest BCUT2D eigenvalue weighted by Gasteiger charge is -2.19. The van der Waals surface area contributed by atoms with Gasteiger partial charge in [0.2, 0.25) is 11.8 Å². The largest absolute Gasteiger partial charge is 0.326 e. The Bertz CT molecular complexity index is 1090. The topological polar surface area (TPSA) is 49.4 Å². The van der Waals surface area contributed by atoms with Crippen molar-refractivity contribution in [1.82, 2.24) is 0 Å². The van der Waals surface area contributed by atoms with Crippen LogP contribution in [-0.4, -0.2) is 18.9 Å². The van der Waals surface area contributed by atoms with Crippen LogP contribution in [0.4, 0.5) is 20.2 Å². The molecule has 30 heavy (non-hydrogen) atoms. The Morgan fingerprint density at radius 3 is 2.03 bits per heavy atom. The van der Waals surface area contributed by atoms with Crippen LogP contribution in [-0.2, 0) is 22.4 Å². The Kier molecular flexibility index (Phi) is 6.79. The van der Waals surface area contributed by atoms with Gasteiger partial charge in [0.15, 0.2) is 0 Å². The van der Waals surface area contributed by atoms with Crippen molar-refractivity contribution in [3.63, 3.8) is 0 Å². The first-order chi connectivity index (χ1) is 14.3. The monoisotopic (exact) mass is 428 g/mol. The number of carbonyl (C=O) groups excluding carboxylic acids is 2. The van der Waals surface area contributed by atoms with Gasteiger partial charge in [0.05, 0.1) is 23.6 Å². The maximum atomic E-state index is 13.8. The fraction of sp³-hybridized carbons (Fsp3) is 0.130. The van der Waals surface area contributed by atoms with Gasteiger partial charge in [-0.05, 0) is 41.5 Å². The third kappa shape index (κ3) is 5.21. The van der Waals surface area contributed by atoms with Gasteiger partial charge in [-0.3, -0.25) is 9.59 Å². The first-order valence-corrected chi connectivity index (χ1v) is 9.55. The number of amides is 2. The van der Waals surface area contributed by atoms with Gasteiger partial charge < -0.3 is 10.2 Å². The van der Waals surface area contributed by atoms with Crippen molar-refractivity contribution in [1.29, 1.82) is 0 Å². The molecule has 0 saturated carbocycles. The number of nitrogens with zero attached hydrogens (tertiary/aromatic N) is 1. The molecule has 0 spiro atoms. The highest BCUT2D eigenvalue weighted by Crippen LogP contribution is 2.29. The van der Waals surface area contributed by atoms with E-state index in [2.05, 4.69) is 5.32 Å². The van der Waals surface area contributed by atoms with Crippen LogP contribution >= 0.6 is 11.6 Å². The van der Waals surface area contributed by atoms with Crippen molar-refractivity contribution < 1.29 is 18.4 Å². The van der Waals surface area contributed by atoms with Gasteiger partial charge in [0, 0.05) is 12.7 Å². The Balaban J connectivity index is 1.67. The number of nitrogens with one attached hydrogen (secondary N) is 1. The minimum Gasteiger partial charge on any atom is -0.326 e. The van der Waals surface area contributed by atoms with E-state index < -0.39 is 17.5 Å². The maximum Gasteiger partial charge on any atom is 0.231 e. The van der Waals surface area contributed by atoms with Crippen molar-refractivity contribution in [3.8, 4) is 0 Å². The summed E-state index contributed by atoms with van der Waals surface area (Å²) in [5.74, 6) is -1.62. The molecular formula is C23H19ClF2N2O2. The van der Waals surface area contributed by atoms with Gasteiger partial charge in [0.1, 0.15) is 11.6 Å². The predicted octanol–water partition coefficient (Wildman–Crippen LogP) is 5.00. The molecule has 154 valence electrons. The van der Waals surface area contributed by atoms with Gasteiger partial charge >= 0.3 is 0 Å². The summed E-state index contributed by atoms with van der Waals surface area (Å²) in [6.07, 6.45) is -0.228. The van der Waals surface area contributed by atoms with Crippen LogP contribution in [0.5, 0.6) is 0 Å². The van der Waals surface area contributed by atoms with E-state index in [-0.39, 0.29) is 29.3 Å². The number of benzene rings is 3. The van der Waals surface area contributed by atoms with E-state index in [4.69, 9.17) is 11.6 Å². The Hall–Kier alpha value is -3.25. The number of hydrogen-bond donors (Lipinski definition) is 1. The number of carbonyl (C=O) groups is 2. The molecule has 7 heteroatoms. The van der Waals surface area contributed by atoms with Crippen molar-refractivity contribution in [2.45, 2.75) is 12.8 Å². The molecule has 3 aromatic carbocycles. The number of likely N-dealkylation sites (N-methyl/N-ethyl adjacent to an activating group) is 1. The first kappa shape index (κ1) is 21.5. The molecule has 0 radical (unpaired) electrons. The highest BCUT2D eigenvalue weighted by atomic mass is 35.5. The van der Waals surface area contributed by atoms with Crippen LogP contribution in [0.1, 0.15) is 11.1 Å². The zero-order valence-corrected chi connectivity index (χ0v) is 16.9. The van der Waals surface area contributed by atoms with E-state index in [0.29, 0.717) is 16.9 Å². The fourth-order valence-electron chi connectivity index (χ4n) is 2.93. The molecule has 4 nitrogen and oxygen atoms in total. The first-order valence-electron chi connectivity index (χ1n) is 9.18. The summed E-state index contributed by atoms with van der Waals surface area (Å²) < 4.78 is 27.5. The normalized spacial score (nSPS) is 10.5. The zero-order valence-electron chi connectivity index (χ0n) is 16.2. The average molecular weight is 429 g/mol. The number of hydrogen-bond acceptors (Lipinski definition) is 2. The summed E-state index contributed by atoms with van der Waals surface area (Å²) >= 11 is 6.29. The number of halogens is 3. The second-order valence-electron chi connectivity index (χ2n) is 6.70. The summed E-state index contributed by atoms with van der Waals surface area (Å²) in [6.45, 7) is 0. The molecule has 0 aliphatic heterocycles. The third-order valence-corrected chi connectivity index (χ3v) is 4.88. The summed E-state index contributed by atoms with van der Waals surface area (Å²) in [4.78, 5) is 26.0. The van der Waals surface area contributed by atoms with Crippen molar-refractivity contribution in [2.75, 3.05) is 17.3 Å². The number of anilines is 2. The summed E-state index contributed by atoms with van der Waals surface area (Å²) in [5.41, 5.74) is 1.42. The summed E-state index contributed by atoms with van der Waals surface area (Å²) in [7, 11) is 1.54. The SMILES string of the molecule is CN(C(=O)Cc1ccccc1F)c1ccc(NC(=O)Cc2ccccc2F)cc1Cl. The van der Waals surface area contributed by atoms with E-state index in [0.717, 1.165) is 0 Å². The van der Waals surface area contributed by atoms with Gasteiger partial charge in [0.25, 0.3) is 0 Å². The van der Waals surface area contributed by atoms with Crippen LogP contribution in [0.15, 0.2) is 66.7 Å². The minimum absolute atomic E-state index is 0.110. The van der Waals surface area contributed by atoms with E-state index >= 15 is 0 Å². The molecule has 0 aromatic heterocycles. The highest BCUT2D eigenvalue weighted by Gasteiger charge is 2.17. The molecule has 0 bridgehead atoms. The quantitative estimate of drug-likeness (QED) is 0.600. The summed E-state index contributed by atoms with van der Waals surface area (Å²) in [5, 5.41) is 2.90. The van der Waals surface area contributed by atoms with Gasteiger partial charge in [-0.15, -0.1) is 0 Å². The molecule has 0 aliphatic rings. The molecule has 0 fully saturated rings. The van der Waals surface area contributed by atoms with Gasteiger partial charge in [-0.2, -0.15) is 0 Å². The molecule has 0 unspecified atom stereocenters. The Morgan fingerprint density at radius 2 is 1.47 bits per heavy atom. The number of rotatable bonds is 6. The van der Waals surface area contributed by atoms with E-state index in [1.165, 1.54) is 23.1 Å². The molecule has 0 saturated heterocycles. The second-order valence-corrected chi connectivity index (χ2v) is 7.11.